The highest BCUT2D eigenvalue weighted by Gasteiger charge is 2.27. The highest BCUT2D eigenvalue weighted by Crippen LogP contribution is 2.26. The van der Waals surface area contributed by atoms with E-state index in [1.165, 1.54) is 19.3 Å². The quantitative estimate of drug-likeness (QED) is 0.276. The monoisotopic (exact) mass is 480 g/mol. The maximum absolute atomic E-state index is 12.4. The van der Waals surface area contributed by atoms with Crippen molar-refractivity contribution in [2.75, 3.05) is 33.8 Å². The van der Waals surface area contributed by atoms with Crippen LogP contribution in [-0.4, -0.2) is 61.8 Å². The van der Waals surface area contributed by atoms with Gasteiger partial charge < -0.3 is 19.3 Å². The average Bonchev–Trinajstić information content (AvgIpc) is 2.74. The Balaban J connectivity index is 1.55. The second-order valence-corrected chi connectivity index (χ2v) is 9.11. The largest absolute Gasteiger partial charge is 0.415 e. The summed E-state index contributed by atoms with van der Waals surface area (Å²) in [5.41, 5.74) is 0. The highest BCUT2D eigenvalue weighted by atomic mass is 79.9. The lowest BCUT2D eigenvalue weighted by Crippen LogP contribution is -2.42. The van der Waals surface area contributed by atoms with Crippen molar-refractivity contribution in [1.29, 1.82) is 0 Å². The molecule has 2 rings (SSSR count). The second kappa shape index (κ2) is 13.8. The van der Waals surface area contributed by atoms with Crippen LogP contribution in [0.15, 0.2) is 41.4 Å². The molecule has 1 aromatic carbocycles. The van der Waals surface area contributed by atoms with E-state index in [-0.39, 0.29) is 12.1 Å². The number of likely N-dealkylation sites (N-methyl/N-ethyl adjacent to an activating group) is 1. The van der Waals surface area contributed by atoms with Crippen molar-refractivity contribution < 1.29 is 14.3 Å². The molecule has 1 aliphatic rings. The van der Waals surface area contributed by atoms with Crippen molar-refractivity contribution in [3.63, 3.8) is 0 Å². The fourth-order valence-electron chi connectivity index (χ4n) is 3.82. The van der Waals surface area contributed by atoms with Crippen LogP contribution >= 0.6 is 15.9 Å². The van der Waals surface area contributed by atoms with Crippen molar-refractivity contribution in [2.24, 2.45) is 0 Å². The molecular formula is C24H37BrN2O3. The molecule has 0 unspecified atom stereocenters. The van der Waals surface area contributed by atoms with E-state index in [1.807, 2.05) is 25.3 Å². The lowest BCUT2D eigenvalue weighted by molar-refractivity contribution is 0.0104. The predicted octanol–water partition coefficient (Wildman–Crippen LogP) is 5.89. The van der Waals surface area contributed by atoms with Crippen LogP contribution in [-0.2, 0) is 4.74 Å². The number of unbranched alkanes of at least 4 members (excludes halogenated alkanes) is 3. The Morgan fingerprint density at radius 1 is 1.10 bits per heavy atom. The van der Waals surface area contributed by atoms with Gasteiger partial charge in [-0.1, -0.05) is 34.8 Å². The van der Waals surface area contributed by atoms with Crippen molar-refractivity contribution in [3.05, 3.63) is 41.4 Å². The van der Waals surface area contributed by atoms with Crippen LogP contribution in [0.25, 0.3) is 0 Å². The van der Waals surface area contributed by atoms with E-state index >= 15 is 0 Å². The van der Waals surface area contributed by atoms with E-state index < -0.39 is 0 Å². The molecule has 168 valence electrons. The average molecular weight is 481 g/mol. The van der Waals surface area contributed by atoms with E-state index in [0.717, 1.165) is 56.3 Å². The first-order chi connectivity index (χ1) is 14.5. The summed E-state index contributed by atoms with van der Waals surface area (Å²) in [6.45, 7) is 6.71. The molecule has 1 saturated carbocycles. The van der Waals surface area contributed by atoms with Gasteiger partial charge >= 0.3 is 6.09 Å². The van der Waals surface area contributed by atoms with Gasteiger partial charge in [-0.05, 0) is 76.4 Å². The van der Waals surface area contributed by atoms with Gasteiger partial charge in [0.1, 0.15) is 5.75 Å². The number of halogens is 1. The van der Waals surface area contributed by atoms with Crippen molar-refractivity contribution in [3.8, 4) is 5.75 Å². The summed E-state index contributed by atoms with van der Waals surface area (Å²) in [5, 5.41) is 0. The van der Waals surface area contributed by atoms with E-state index in [0.29, 0.717) is 11.9 Å². The number of nitrogens with zero attached hydrogens (tertiary/aromatic N) is 2. The van der Waals surface area contributed by atoms with Crippen molar-refractivity contribution in [1.82, 2.24) is 9.80 Å². The van der Waals surface area contributed by atoms with Gasteiger partial charge in [0.2, 0.25) is 0 Å². The SMILES string of the molecule is C=CCN(C)CCCCCCOC1CCC(N(C)C(=O)Oc2ccc(Br)cc2)CC1. The Labute approximate surface area is 190 Å². The third kappa shape index (κ3) is 9.19. The summed E-state index contributed by atoms with van der Waals surface area (Å²) in [7, 11) is 3.97. The lowest BCUT2D eigenvalue weighted by Gasteiger charge is -2.34. The van der Waals surface area contributed by atoms with Crippen LogP contribution in [0.4, 0.5) is 4.79 Å². The molecule has 1 amide bonds. The first-order valence-electron chi connectivity index (χ1n) is 11.1. The van der Waals surface area contributed by atoms with Crippen LogP contribution in [0.5, 0.6) is 5.75 Å². The zero-order valence-electron chi connectivity index (χ0n) is 18.5. The highest BCUT2D eigenvalue weighted by molar-refractivity contribution is 9.10. The molecule has 1 fully saturated rings. The smallest absolute Gasteiger partial charge is 0.410 e. The lowest BCUT2D eigenvalue weighted by atomic mass is 9.92. The third-order valence-electron chi connectivity index (χ3n) is 5.73. The van der Waals surface area contributed by atoms with Gasteiger partial charge in [-0.2, -0.15) is 0 Å². The van der Waals surface area contributed by atoms with Crippen LogP contribution in [0, 0.1) is 0 Å². The van der Waals surface area contributed by atoms with Crippen LogP contribution in [0.1, 0.15) is 51.4 Å². The predicted molar refractivity (Wildman–Crippen MR) is 126 cm³/mol. The van der Waals surface area contributed by atoms with E-state index in [1.54, 1.807) is 17.0 Å². The number of carbonyl (C=O) groups excluding carboxylic acids is 1. The van der Waals surface area contributed by atoms with Gasteiger partial charge in [-0.15, -0.1) is 6.58 Å². The van der Waals surface area contributed by atoms with Gasteiger partial charge in [0.15, 0.2) is 0 Å². The number of benzene rings is 1. The maximum atomic E-state index is 12.4. The van der Waals surface area contributed by atoms with Gasteiger partial charge in [0, 0.05) is 30.7 Å². The second-order valence-electron chi connectivity index (χ2n) is 8.20. The molecule has 0 aliphatic heterocycles. The Kier molecular flexibility index (Phi) is 11.5. The maximum Gasteiger partial charge on any atom is 0.415 e. The molecule has 0 bridgehead atoms. The van der Waals surface area contributed by atoms with Gasteiger partial charge in [0.05, 0.1) is 6.10 Å². The Morgan fingerprint density at radius 3 is 2.43 bits per heavy atom. The Bertz CT molecular complexity index is 630. The first-order valence-corrected chi connectivity index (χ1v) is 11.9. The summed E-state index contributed by atoms with van der Waals surface area (Å²) in [6, 6.07) is 7.54. The van der Waals surface area contributed by atoms with Gasteiger partial charge in [0.25, 0.3) is 0 Å². The van der Waals surface area contributed by atoms with E-state index in [9.17, 15) is 4.79 Å². The molecule has 0 atom stereocenters. The Morgan fingerprint density at radius 2 is 1.77 bits per heavy atom. The number of hydrogen-bond donors (Lipinski definition) is 0. The first kappa shape index (κ1) is 24.9. The number of hydrogen-bond acceptors (Lipinski definition) is 4. The van der Waals surface area contributed by atoms with Gasteiger partial charge in [-0.3, -0.25) is 0 Å². The van der Waals surface area contributed by atoms with E-state index in [4.69, 9.17) is 9.47 Å². The molecule has 0 saturated heterocycles. The summed E-state index contributed by atoms with van der Waals surface area (Å²) < 4.78 is 12.5. The molecule has 1 aromatic rings. The summed E-state index contributed by atoms with van der Waals surface area (Å²) in [4.78, 5) is 16.4. The minimum absolute atomic E-state index is 0.223. The molecule has 5 nitrogen and oxygen atoms in total. The molecule has 0 spiro atoms. The van der Waals surface area contributed by atoms with Gasteiger partial charge in [-0.25, -0.2) is 4.79 Å². The molecule has 6 heteroatoms. The summed E-state index contributed by atoms with van der Waals surface area (Å²) >= 11 is 3.38. The number of amides is 1. The fourth-order valence-corrected chi connectivity index (χ4v) is 4.09. The van der Waals surface area contributed by atoms with E-state index in [2.05, 4.69) is 34.5 Å². The minimum Gasteiger partial charge on any atom is -0.410 e. The molecule has 0 aromatic heterocycles. The molecule has 0 N–H and O–H groups in total. The topological polar surface area (TPSA) is 42.0 Å². The van der Waals surface area contributed by atoms with Crippen LogP contribution in [0.3, 0.4) is 0 Å². The molecule has 0 heterocycles. The molecule has 1 aliphatic carbocycles. The molecule has 30 heavy (non-hydrogen) atoms. The molecular weight excluding hydrogens is 444 g/mol. The van der Waals surface area contributed by atoms with Crippen molar-refractivity contribution >= 4 is 22.0 Å². The van der Waals surface area contributed by atoms with Crippen molar-refractivity contribution in [2.45, 2.75) is 63.5 Å². The van der Waals surface area contributed by atoms with Crippen LogP contribution in [0.2, 0.25) is 0 Å². The normalized spacial score (nSPS) is 18.9. The molecule has 0 radical (unpaired) electrons. The standard InChI is InChI=1S/C24H37BrN2O3/c1-4-17-26(2)18-7-5-6-8-19-29-22-15-11-21(12-16-22)27(3)24(28)30-23-13-9-20(25)10-14-23/h4,9-10,13-14,21-22H,1,5-8,11-12,15-19H2,2-3H3. The minimum atomic E-state index is -0.291. The number of rotatable bonds is 12. The zero-order chi connectivity index (χ0) is 21.8. The number of carbonyl (C=O) groups is 1. The third-order valence-corrected chi connectivity index (χ3v) is 6.26. The number of ether oxygens (including phenoxy) is 2. The van der Waals surface area contributed by atoms with Crippen LogP contribution < -0.4 is 4.74 Å². The summed E-state index contributed by atoms with van der Waals surface area (Å²) in [5.74, 6) is 0.569. The summed E-state index contributed by atoms with van der Waals surface area (Å²) in [6.07, 6.45) is 10.8. The zero-order valence-corrected chi connectivity index (χ0v) is 20.1. The Hall–Kier alpha value is -1.37. The fraction of sp³-hybridized carbons (Fsp3) is 0.625.